The maximum absolute atomic E-state index is 11.8. The fourth-order valence-corrected chi connectivity index (χ4v) is 2.97. The molecule has 0 saturated carbocycles. The van der Waals surface area contributed by atoms with Crippen LogP contribution in [-0.2, 0) is 14.3 Å². The lowest BCUT2D eigenvalue weighted by molar-refractivity contribution is -0.111. The Kier molecular flexibility index (Phi) is 6.26. The van der Waals surface area contributed by atoms with Gasteiger partial charge in [-0.15, -0.1) is 0 Å². The van der Waals surface area contributed by atoms with E-state index in [0.717, 1.165) is 11.8 Å². The number of aldehydes is 1. The fraction of sp³-hybridized carbons (Fsp3) is 0.643. The van der Waals surface area contributed by atoms with Gasteiger partial charge in [-0.3, -0.25) is 4.90 Å². The standard InChI is InChI=1S/C14H21NO5S/c1-5-6-19-12(17)15-8-11(7-10(15)9-16)21-13(18)20-14(2,3)4/h5,9-11H,1,6-8H2,2-4H3. The molecule has 2 atom stereocenters. The number of carbonyl (C=O) groups is 3. The van der Waals surface area contributed by atoms with Crippen molar-refractivity contribution in [2.45, 2.75) is 44.1 Å². The second kappa shape index (κ2) is 7.49. The molecule has 1 fully saturated rings. The van der Waals surface area contributed by atoms with Gasteiger partial charge in [0.05, 0.1) is 6.04 Å². The molecule has 0 bridgehead atoms. The Morgan fingerprint density at radius 1 is 1.43 bits per heavy atom. The van der Waals surface area contributed by atoms with Crippen molar-refractivity contribution in [2.75, 3.05) is 13.2 Å². The number of hydrogen-bond donors (Lipinski definition) is 0. The van der Waals surface area contributed by atoms with Gasteiger partial charge in [0.15, 0.2) is 0 Å². The van der Waals surface area contributed by atoms with Gasteiger partial charge in [-0.05, 0) is 39.0 Å². The Morgan fingerprint density at radius 2 is 2.10 bits per heavy atom. The zero-order valence-electron chi connectivity index (χ0n) is 12.5. The summed E-state index contributed by atoms with van der Waals surface area (Å²) in [5.41, 5.74) is -0.560. The molecule has 6 nitrogen and oxygen atoms in total. The molecule has 0 N–H and O–H groups in total. The van der Waals surface area contributed by atoms with E-state index in [1.807, 2.05) is 0 Å². The largest absolute Gasteiger partial charge is 0.452 e. The minimum absolute atomic E-state index is 0.0881. The highest BCUT2D eigenvalue weighted by Gasteiger charge is 2.38. The van der Waals surface area contributed by atoms with Crippen LogP contribution in [0.3, 0.4) is 0 Å². The van der Waals surface area contributed by atoms with Gasteiger partial charge in [-0.2, -0.15) is 0 Å². The smallest absolute Gasteiger partial charge is 0.410 e. The van der Waals surface area contributed by atoms with Gasteiger partial charge in [0.25, 0.3) is 0 Å². The molecule has 0 aromatic heterocycles. The summed E-state index contributed by atoms with van der Waals surface area (Å²) in [4.78, 5) is 36.0. The Morgan fingerprint density at radius 3 is 2.62 bits per heavy atom. The van der Waals surface area contributed by atoms with Crippen LogP contribution in [-0.4, -0.2) is 52.6 Å². The summed E-state index contributed by atoms with van der Waals surface area (Å²) in [5, 5.41) is -0.579. The monoisotopic (exact) mass is 315 g/mol. The van der Waals surface area contributed by atoms with Crippen LogP contribution < -0.4 is 0 Å². The second-order valence-electron chi connectivity index (χ2n) is 5.66. The first-order chi connectivity index (χ1) is 9.76. The summed E-state index contributed by atoms with van der Waals surface area (Å²) >= 11 is 1.01. The van der Waals surface area contributed by atoms with Crippen LogP contribution >= 0.6 is 11.8 Å². The van der Waals surface area contributed by atoms with Gasteiger partial charge in [0, 0.05) is 11.8 Å². The van der Waals surface area contributed by atoms with Crippen molar-refractivity contribution in [1.29, 1.82) is 0 Å². The van der Waals surface area contributed by atoms with Crippen LogP contribution in [0.1, 0.15) is 27.2 Å². The predicted molar refractivity (Wildman–Crippen MR) is 80.3 cm³/mol. The third-order valence-corrected chi connectivity index (χ3v) is 3.62. The molecule has 0 aliphatic carbocycles. The highest BCUT2D eigenvalue weighted by atomic mass is 32.2. The molecule has 1 amide bonds. The lowest BCUT2D eigenvalue weighted by Gasteiger charge is -2.20. The number of hydrogen-bond acceptors (Lipinski definition) is 6. The first-order valence-electron chi connectivity index (χ1n) is 6.66. The van der Waals surface area contributed by atoms with Crippen LogP contribution in [0.2, 0.25) is 0 Å². The molecule has 118 valence electrons. The zero-order valence-corrected chi connectivity index (χ0v) is 13.4. The average Bonchev–Trinajstić information content (AvgIpc) is 2.76. The van der Waals surface area contributed by atoms with E-state index in [2.05, 4.69) is 6.58 Å². The van der Waals surface area contributed by atoms with E-state index in [0.29, 0.717) is 12.7 Å². The van der Waals surface area contributed by atoms with Crippen LogP contribution in [0.15, 0.2) is 12.7 Å². The molecule has 1 saturated heterocycles. The lowest BCUT2D eigenvalue weighted by atomic mass is 10.2. The Labute approximate surface area is 128 Å². The summed E-state index contributed by atoms with van der Waals surface area (Å²) in [6.07, 6.45) is 2.00. The van der Waals surface area contributed by atoms with Crippen molar-refractivity contribution in [2.24, 2.45) is 0 Å². The third kappa shape index (κ3) is 5.79. The molecule has 1 heterocycles. The summed E-state index contributed by atoms with van der Waals surface area (Å²) in [5.74, 6) is 0. The zero-order chi connectivity index (χ0) is 16.0. The summed E-state index contributed by atoms with van der Waals surface area (Å²) < 4.78 is 10.1. The molecule has 7 heteroatoms. The first-order valence-corrected chi connectivity index (χ1v) is 7.54. The SMILES string of the molecule is C=CCOC(=O)N1CC(SC(=O)OC(C)(C)C)CC1C=O. The van der Waals surface area contributed by atoms with Gasteiger partial charge in [-0.1, -0.05) is 12.7 Å². The second-order valence-corrected chi connectivity index (χ2v) is 6.90. The Hall–Kier alpha value is -1.50. The van der Waals surface area contributed by atoms with Gasteiger partial charge < -0.3 is 14.3 Å². The van der Waals surface area contributed by atoms with Crippen molar-refractivity contribution in [3.63, 3.8) is 0 Å². The molecule has 21 heavy (non-hydrogen) atoms. The molecular formula is C14H21NO5S. The van der Waals surface area contributed by atoms with E-state index < -0.39 is 23.0 Å². The number of carbonyl (C=O) groups excluding carboxylic acids is 3. The lowest BCUT2D eigenvalue weighted by Crippen LogP contribution is -2.37. The van der Waals surface area contributed by atoms with Crippen LogP contribution in [0.5, 0.6) is 0 Å². The van der Waals surface area contributed by atoms with Crippen LogP contribution in [0, 0.1) is 0 Å². The van der Waals surface area contributed by atoms with Crippen molar-refractivity contribution in [3.05, 3.63) is 12.7 Å². The number of nitrogens with zero attached hydrogens (tertiary/aromatic N) is 1. The van der Waals surface area contributed by atoms with E-state index >= 15 is 0 Å². The normalized spacial score (nSPS) is 21.8. The summed E-state index contributed by atoms with van der Waals surface area (Å²) in [6, 6.07) is -0.567. The van der Waals surface area contributed by atoms with Crippen molar-refractivity contribution in [3.8, 4) is 0 Å². The summed E-state index contributed by atoms with van der Waals surface area (Å²) in [6.45, 7) is 9.18. The predicted octanol–water partition coefficient (Wildman–Crippen LogP) is 2.62. The maximum atomic E-state index is 11.8. The number of likely N-dealkylation sites (tertiary alicyclic amines) is 1. The highest BCUT2D eigenvalue weighted by molar-refractivity contribution is 8.13. The minimum Gasteiger partial charge on any atom is -0.452 e. The molecule has 1 aliphatic rings. The molecule has 0 radical (unpaired) electrons. The maximum Gasteiger partial charge on any atom is 0.410 e. The molecule has 0 spiro atoms. The molecule has 0 aromatic rings. The van der Waals surface area contributed by atoms with Crippen LogP contribution in [0.4, 0.5) is 9.59 Å². The van der Waals surface area contributed by atoms with Gasteiger partial charge in [0.2, 0.25) is 0 Å². The Bertz CT molecular complexity index is 418. The van der Waals surface area contributed by atoms with E-state index in [9.17, 15) is 14.4 Å². The van der Waals surface area contributed by atoms with Crippen molar-refractivity contribution >= 4 is 29.4 Å². The van der Waals surface area contributed by atoms with E-state index in [4.69, 9.17) is 9.47 Å². The number of amides is 1. The number of rotatable bonds is 4. The average molecular weight is 315 g/mol. The van der Waals surface area contributed by atoms with E-state index in [-0.39, 0.29) is 18.4 Å². The topological polar surface area (TPSA) is 72.9 Å². The van der Waals surface area contributed by atoms with Gasteiger partial charge in [-0.25, -0.2) is 9.59 Å². The third-order valence-electron chi connectivity index (χ3n) is 2.67. The molecular weight excluding hydrogens is 294 g/mol. The van der Waals surface area contributed by atoms with E-state index in [1.165, 1.54) is 11.0 Å². The highest BCUT2D eigenvalue weighted by Crippen LogP contribution is 2.29. The quantitative estimate of drug-likeness (QED) is 0.451. The first kappa shape index (κ1) is 17.6. The molecule has 1 aliphatic heterocycles. The fourth-order valence-electron chi connectivity index (χ4n) is 1.87. The van der Waals surface area contributed by atoms with Gasteiger partial charge in [0.1, 0.15) is 18.5 Å². The van der Waals surface area contributed by atoms with Crippen molar-refractivity contribution in [1.82, 2.24) is 4.90 Å². The molecule has 2 unspecified atom stereocenters. The Balaban J connectivity index is 2.56. The number of thioether (sulfide) groups is 1. The van der Waals surface area contributed by atoms with E-state index in [1.54, 1.807) is 20.8 Å². The number of ether oxygens (including phenoxy) is 2. The van der Waals surface area contributed by atoms with Gasteiger partial charge >= 0.3 is 11.4 Å². The summed E-state index contributed by atoms with van der Waals surface area (Å²) in [7, 11) is 0. The van der Waals surface area contributed by atoms with Crippen LogP contribution in [0.25, 0.3) is 0 Å². The molecule has 0 aromatic carbocycles. The molecule has 1 rings (SSSR count). The minimum atomic E-state index is -0.570. The van der Waals surface area contributed by atoms with Crippen molar-refractivity contribution < 1.29 is 23.9 Å².